The van der Waals surface area contributed by atoms with Gasteiger partial charge in [-0.05, 0) is 30.2 Å². The summed E-state index contributed by atoms with van der Waals surface area (Å²) in [5.41, 5.74) is 2.84. The van der Waals surface area contributed by atoms with Gasteiger partial charge in [-0.25, -0.2) is 9.78 Å². The summed E-state index contributed by atoms with van der Waals surface area (Å²) in [6.07, 6.45) is 5.24. The maximum atomic E-state index is 11.8. The molecule has 1 heterocycles. The first-order valence-corrected chi connectivity index (χ1v) is 7.92. The van der Waals surface area contributed by atoms with Crippen molar-refractivity contribution in [3.05, 3.63) is 60.2 Å². The van der Waals surface area contributed by atoms with Crippen molar-refractivity contribution in [3.63, 3.8) is 0 Å². The number of nitrogens with zero attached hydrogens (tertiary/aromatic N) is 1. The Morgan fingerprint density at radius 1 is 1.04 bits per heavy atom. The molecule has 3 rings (SSSR count). The van der Waals surface area contributed by atoms with Crippen molar-refractivity contribution in [2.24, 2.45) is 0 Å². The van der Waals surface area contributed by atoms with Gasteiger partial charge in [0, 0.05) is 16.8 Å². The van der Waals surface area contributed by atoms with Crippen LogP contribution in [0, 0.1) is 0 Å². The summed E-state index contributed by atoms with van der Waals surface area (Å²) in [7, 11) is 0. The first-order chi connectivity index (χ1) is 11.3. The van der Waals surface area contributed by atoms with Crippen molar-refractivity contribution >= 4 is 33.9 Å². The zero-order valence-electron chi connectivity index (χ0n) is 13.2. The first-order valence-electron chi connectivity index (χ1n) is 7.92. The molecular weight excluding hydrogens is 286 g/mol. The van der Waals surface area contributed by atoms with Crippen molar-refractivity contribution in [1.29, 1.82) is 0 Å². The predicted molar refractivity (Wildman–Crippen MR) is 94.2 cm³/mol. The Bertz CT molecular complexity index is 814. The smallest absolute Gasteiger partial charge is 0.330 e. The van der Waals surface area contributed by atoms with Gasteiger partial charge < -0.3 is 4.74 Å². The number of esters is 1. The van der Waals surface area contributed by atoms with Crippen LogP contribution in [0.15, 0.2) is 54.6 Å². The van der Waals surface area contributed by atoms with E-state index < -0.39 is 0 Å². The number of fused-ring (bicyclic) bond motifs is 2. The molecule has 0 aliphatic carbocycles. The molecule has 0 fully saturated rings. The normalized spacial score (nSPS) is 11.3. The molecule has 0 atom stereocenters. The van der Waals surface area contributed by atoms with E-state index in [0.717, 1.165) is 40.2 Å². The average molecular weight is 305 g/mol. The molecule has 0 aliphatic rings. The number of hydrogen-bond acceptors (Lipinski definition) is 3. The minimum Gasteiger partial charge on any atom is -0.463 e. The van der Waals surface area contributed by atoms with E-state index in [-0.39, 0.29) is 5.97 Å². The van der Waals surface area contributed by atoms with Crippen LogP contribution in [0.2, 0.25) is 0 Å². The minimum absolute atomic E-state index is 0.302. The number of para-hydroxylation sites is 2. The van der Waals surface area contributed by atoms with Crippen LogP contribution >= 0.6 is 0 Å². The Morgan fingerprint density at radius 3 is 2.26 bits per heavy atom. The minimum atomic E-state index is -0.302. The third-order valence-corrected chi connectivity index (χ3v) is 3.76. The number of carbonyl (C=O) groups excluding carboxylic acids is 1. The maximum Gasteiger partial charge on any atom is 0.330 e. The third-order valence-electron chi connectivity index (χ3n) is 3.76. The zero-order chi connectivity index (χ0) is 16.1. The molecule has 3 aromatic rings. The van der Waals surface area contributed by atoms with E-state index in [9.17, 15) is 4.79 Å². The van der Waals surface area contributed by atoms with Gasteiger partial charge in [-0.3, -0.25) is 0 Å². The number of ether oxygens (including phenoxy) is 1. The highest BCUT2D eigenvalue weighted by Gasteiger charge is 2.06. The van der Waals surface area contributed by atoms with E-state index in [1.54, 1.807) is 0 Å². The molecule has 0 unspecified atom stereocenters. The van der Waals surface area contributed by atoms with E-state index in [4.69, 9.17) is 4.74 Å². The van der Waals surface area contributed by atoms with Crippen LogP contribution in [0.4, 0.5) is 0 Å². The van der Waals surface area contributed by atoms with E-state index in [0.29, 0.717) is 6.61 Å². The van der Waals surface area contributed by atoms with Gasteiger partial charge in [0.05, 0.1) is 17.6 Å². The molecule has 0 aliphatic heterocycles. The lowest BCUT2D eigenvalue weighted by molar-refractivity contribution is -0.137. The third kappa shape index (κ3) is 3.39. The van der Waals surface area contributed by atoms with Gasteiger partial charge in [-0.2, -0.15) is 0 Å². The molecule has 0 saturated heterocycles. The Balaban J connectivity index is 2.01. The number of rotatable bonds is 5. The molecule has 0 saturated carbocycles. The highest BCUT2D eigenvalue weighted by atomic mass is 16.5. The lowest BCUT2D eigenvalue weighted by Gasteiger charge is -2.07. The molecule has 0 spiro atoms. The van der Waals surface area contributed by atoms with Crippen LogP contribution in [0.5, 0.6) is 0 Å². The highest BCUT2D eigenvalue weighted by molar-refractivity contribution is 6.04. The topological polar surface area (TPSA) is 39.2 Å². The summed E-state index contributed by atoms with van der Waals surface area (Å²) in [6, 6.07) is 15.9. The van der Waals surface area contributed by atoms with E-state index in [2.05, 4.69) is 11.9 Å². The standard InChI is InChI=1S/C20H19NO2/c1-2-3-14-23-20(22)13-12-15-16-8-4-6-10-18(16)21-19-11-7-5-9-17(15)19/h4-13H,2-3,14H2,1H3. The summed E-state index contributed by atoms with van der Waals surface area (Å²) < 4.78 is 5.19. The molecule has 0 amide bonds. The monoisotopic (exact) mass is 305 g/mol. The second-order valence-corrected chi connectivity index (χ2v) is 5.41. The number of pyridine rings is 1. The number of hydrogen-bond donors (Lipinski definition) is 0. The lowest BCUT2D eigenvalue weighted by atomic mass is 10.0. The number of aromatic nitrogens is 1. The molecule has 0 N–H and O–H groups in total. The molecule has 0 radical (unpaired) electrons. The number of carbonyl (C=O) groups is 1. The van der Waals surface area contributed by atoms with Crippen molar-refractivity contribution in [2.45, 2.75) is 19.8 Å². The van der Waals surface area contributed by atoms with Gasteiger partial charge in [0.2, 0.25) is 0 Å². The van der Waals surface area contributed by atoms with Gasteiger partial charge in [0.15, 0.2) is 0 Å². The fraction of sp³-hybridized carbons (Fsp3) is 0.200. The van der Waals surface area contributed by atoms with Crippen LogP contribution < -0.4 is 0 Å². The number of unbranched alkanes of at least 4 members (excludes halogenated alkanes) is 1. The van der Waals surface area contributed by atoms with Crippen molar-refractivity contribution in [3.8, 4) is 0 Å². The maximum absolute atomic E-state index is 11.8. The molecule has 23 heavy (non-hydrogen) atoms. The van der Waals surface area contributed by atoms with E-state index in [1.165, 1.54) is 6.08 Å². The van der Waals surface area contributed by atoms with Gasteiger partial charge >= 0.3 is 5.97 Å². The second-order valence-electron chi connectivity index (χ2n) is 5.41. The SMILES string of the molecule is CCCCOC(=O)C=Cc1c2ccccc2nc2ccccc12. The molecular formula is C20H19NO2. The van der Waals surface area contributed by atoms with Crippen molar-refractivity contribution in [2.75, 3.05) is 6.61 Å². The molecule has 116 valence electrons. The van der Waals surface area contributed by atoms with Crippen molar-refractivity contribution < 1.29 is 9.53 Å². The van der Waals surface area contributed by atoms with Crippen LogP contribution in [0.3, 0.4) is 0 Å². The zero-order valence-corrected chi connectivity index (χ0v) is 13.2. The lowest BCUT2D eigenvalue weighted by Crippen LogP contribution is -2.01. The number of benzene rings is 2. The van der Waals surface area contributed by atoms with Gasteiger partial charge in [-0.15, -0.1) is 0 Å². The van der Waals surface area contributed by atoms with Gasteiger partial charge in [0.25, 0.3) is 0 Å². The van der Waals surface area contributed by atoms with Gasteiger partial charge in [-0.1, -0.05) is 49.7 Å². The molecule has 3 nitrogen and oxygen atoms in total. The van der Waals surface area contributed by atoms with Crippen LogP contribution in [0.25, 0.3) is 27.9 Å². The first kappa shape index (κ1) is 15.2. The van der Waals surface area contributed by atoms with Crippen molar-refractivity contribution in [1.82, 2.24) is 4.98 Å². The quantitative estimate of drug-likeness (QED) is 0.296. The van der Waals surface area contributed by atoms with E-state index >= 15 is 0 Å². The molecule has 1 aromatic heterocycles. The van der Waals surface area contributed by atoms with Gasteiger partial charge in [0.1, 0.15) is 0 Å². The fourth-order valence-electron chi connectivity index (χ4n) is 2.57. The molecule has 3 heteroatoms. The second kappa shape index (κ2) is 7.05. The Kier molecular flexibility index (Phi) is 4.67. The molecule has 2 aromatic carbocycles. The summed E-state index contributed by atoms with van der Waals surface area (Å²) in [6.45, 7) is 2.54. The fourth-order valence-corrected chi connectivity index (χ4v) is 2.57. The Hall–Kier alpha value is -2.68. The highest BCUT2D eigenvalue weighted by Crippen LogP contribution is 2.26. The van der Waals surface area contributed by atoms with Crippen LogP contribution in [-0.4, -0.2) is 17.6 Å². The summed E-state index contributed by atoms with van der Waals surface area (Å²) in [5.74, 6) is -0.302. The predicted octanol–water partition coefficient (Wildman–Crippen LogP) is 4.74. The summed E-state index contributed by atoms with van der Waals surface area (Å²) in [5, 5.41) is 2.06. The van der Waals surface area contributed by atoms with E-state index in [1.807, 2.05) is 54.6 Å². The average Bonchev–Trinajstić information content (AvgIpc) is 2.59. The Labute approximate surface area is 135 Å². The molecule has 0 bridgehead atoms. The Morgan fingerprint density at radius 2 is 1.65 bits per heavy atom. The van der Waals surface area contributed by atoms with Crippen LogP contribution in [-0.2, 0) is 9.53 Å². The summed E-state index contributed by atoms with van der Waals surface area (Å²) in [4.78, 5) is 16.5. The largest absolute Gasteiger partial charge is 0.463 e. The van der Waals surface area contributed by atoms with Crippen LogP contribution in [0.1, 0.15) is 25.3 Å². The summed E-state index contributed by atoms with van der Waals surface area (Å²) >= 11 is 0.